The van der Waals surface area contributed by atoms with Gasteiger partial charge in [0, 0.05) is 24.1 Å². The van der Waals surface area contributed by atoms with Gasteiger partial charge in [0.1, 0.15) is 0 Å². The monoisotopic (exact) mass is 371 g/mol. The number of carboxylic acid groups (broad SMARTS) is 1. The first-order chi connectivity index (χ1) is 12.1. The number of Topliss-reactive ketones (excluding diaryl/α,β-unsaturated/α-hetero) is 1. The van der Waals surface area contributed by atoms with Crippen LogP contribution < -0.4 is 0 Å². The van der Waals surface area contributed by atoms with Crippen molar-refractivity contribution in [3.63, 3.8) is 0 Å². The van der Waals surface area contributed by atoms with Crippen LogP contribution in [0.4, 0.5) is 5.69 Å². The molecule has 2 aromatic heterocycles. The number of carboxylic acids is 1. The molecule has 25 heavy (non-hydrogen) atoms. The SMILES string of the molecule is C=C(CCCC(=O)O)C1=Nc2ccsc2C(C(=O)c2cccs2)=CC1. The molecule has 0 radical (unpaired) electrons. The van der Waals surface area contributed by atoms with Crippen LogP contribution in [0.25, 0.3) is 5.57 Å². The molecule has 1 N–H and O–H groups in total. The molecule has 0 unspecified atom stereocenters. The lowest BCUT2D eigenvalue weighted by Crippen LogP contribution is -2.03. The van der Waals surface area contributed by atoms with Crippen molar-refractivity contribution in [2.75, 3.05) is 0 Å². The highest BCUT2D eigenvalue weighted by atomic mass is 32.1. The number of carbonyl (C=O) groups excluding carboxylic acids is 1. The minimum absolute atomic E-state index is 0.0200. The molecule has 1 aliphatic rings. The highest BCUT2D eigenvalue weighted by Crippen LogP contribution is 2.37. The van der Waals surface area contributed by atoms with E-state index >= 15 is 0 Å². The number of rotatable bonds is 7. The van der Waals surface area contributed by atoms with Crippen LogP contribution in [0, 0.1) is 0 Å². The predicted molar refractivity (Wildman–Crippen MR) is 103 cm³/mol. The maximum atomic E-state index is 12.8. The molecule has 1 aliphatic heterocycles. The molecule has 128 valence electrons. The Labute approximate surface area is 153 Å². The first kappa shape index (κ1) is 17.5. The number of fused-ring (bicyclic) bond motifs is 1. The normalized spacial score (nSPS) is 13.4. The van der Waals surface area contributed by atoms with E-state index in [2.05, 4.69) is 11.6 Å². The highest BCUT2D eigenvalue weighted by molar-refractivity contribution is 7.14. The molecule has 0 fully saturated rings. The van der Waals surface area contributed by atoms with Gasteiger partial charge >= 0.3 is 5.97 Å². The van der Waals surface area contributed by atoms with Crippen molar-refractivity contribution in [2.24, 2.45) is 4.99 Å². The van der Waals surface area contributed by atoms with Crippen molar-refractivity contribution in [3.05, 3.63) is 56.9 Å². The fourth-order valence-electron chi connectivity index (χ4n) is 2.63. The largest absolute Gasteiger partial charge is 0.481 e. The minimum Gasteiger partial charge on any atom is -0.481 e. The molecule has 2 aromatic rings. The second-order valence-electron chi connectivity index (χ2n) is 5.67. The molecule has 0 atom stereocenters. The van der Waals surface area contributed by atoms with Gasteiger partial charge in [-0.1, -0.05) is 18.7 Å². The average Bonchev–Trinajstić information content (AvgIpc) is 3.23. The summed E-state index contributed by atoms with van der Waals surface area (Å²) in [5.74, 6) is -0.786. The van der Waals surface area contributed by atoms with Crippen LogP contribution in [0.5, 0.6) is 0 Å². The number of ketones is 1. The van der Waals surface area contributed by atoms with Crippen molar-refractivity contribution in [2.45, 2.75) is 25.7 Å². The number of hydrogen-bond acceptors (Lipinski definition) is 5. The average molecular weight is 371 g/mol. The van der Waals surface area contributed by atoms with Crippen LogP contribution in [0.2, 0.25) is 0 Å². The van der Waals surface area contributed by atoms with Crippen LogP contribution in [0.3, 0.4) is 0 Å². The zero-order valence-electron chi connectivity index (χ0n) is 13.5. The fourth-order valence-corrected chi connectivity index (χ4v) is 4.18. The third-order valence-corrected chi connectivity index (χ3v) is 5.72. The van der Waals surface area contributed by atoms with Gasteiger partial charge in [0.2, 0.25) is 5.78 Å². The molecule has 0 saturated heterocycles. The third-order valence-electron chi connectivity index (χ3n) is 3.91. The van der Waals surface area contributed by atoms with Crippen molar-refractivity contribution in [1.82, 2.24) is 0 Å². The second-order valence-corrected chi connectivity index (χ2v) is 7.54. The summed E-state index contributed by atoms with van der Waals surface area (Å²) in [6.45, 7) is 4.06. The molecule has 3 rings (SSSR count). The maximum Gasteiger partial charge on any atom is 0.303 e. The standard InChI is InChI=1S/C19H17NO3S2/c1-12(4-2-6-17(21)22)14-8-7-13(18(23)16-5-3-10-24-16)19-15(20-14)9-11-25-19/h3,5,7,9-11H,1-2,4,6,8H2,(H,21,22). The van der Waals surface area contributed by atoms with Crippen LogP contribution in [0.15, 0.2) is 52.2 Å². The Morgan fingerprint density at radius 3 is 2.76 bits per heavy atom. The lowest BCUT2D eigenvalue weighted by atomic mass is 10.0. The quantitative estimate of drug-likeness (QED) is 0.666. The summed E-state index contributed by atoms with van der Waals surface area (Å²) >= 11 is 2.94. The van der Waals surface area contributed by atoms with Gasteiger partial charge in [0.25, 0.3) is 0 Å². The molecular formula is C19H17NO3S2. The van der Waals surface area contributed by atoms with Gasteiger partial charge in [-0.3, -0.25) is 14.6 Å². The molecule has 0 spiro atoms. The Balaban J connectivity index is 1.83. The number of allylic oxidation sites excluding steroid dienone is 3. The summed E-state index contributed by atoms with van der Waals surface area (Å²) < 4.78 is 0. The molecule has 0 aromatic carbocycles. The summed E-state index contributed by atoms with van der Waals surface area (Å²) in [6, 6.07) is 5.61. The lowest BCUT2D eigenvalue weighted by Gasteiger charge is -2.06. The van der Waals surface area contributed by atoms with E-state index in [-0.39, 0.29) is 12.2 Å². The maximum absolute atomic E-state index is 12.8. The van der Waals surface area contributed by atoms with E-state index in [0.29, 0.717) is 29.7 Å². The lowest BCUT2D eigenvalue weighted by molar-refractivity contribution is -0.137. The minimum atomic E-state index is -0.806. The third kappa shape index (κ3) is 4.03. The zero-order valence-corrected chi connectivity index (χ0v) is 15.2. The summed E-state index contributed by atoms with van der Waals surface area (Å²) in [5, 5.41) is 12.6. The summed E-state index contributed by atoms with van der Waals surface area (Å²) in [5.41, 5.74) is 3.12. The van der Waals surface area contributed by atoms with E-state index in [1.807, 2.05) is 35.0 Å². The van der Waals surface area contributed by atoms with Crippen molar-refractivity contribution < 1.29 is 14.7 Å². The van der Waals surface area contributed by atoms with Gasteiger partial charge in [-0.05, 0) is 41.3 Å². The smallest absolute Gasteiger partial charge is 0.303 e. The van der Waals surface area contributed by atoms with Crippen molar-refractivity contribution >= 4 is 51.4 Å². The van der Waals surface area contributed by atoms with Gasteiger partial charge in [-0.15, -0.1) is 22.7 Å². The predicted octanol–water partition coefficient (Wildman–Crippen LogP) is 5.36. The number of nitrogens with zero attached hydrogens (tertiary/aromatic N) is 1. The Kier molecular flexibility index (Phi) is 5.40. The number of carbonyl (C=O) groups is 2. The molecule has 3 heterocycles. The second kappa shape index (κ2) is 7.72. The van der Waals surface area contributed by atoms with Crippen LogP contribution in [-0.2, 0) is 4.79 Å². The van der Waals surface area contributed by atoms with E-state index < -0.39 is 5.97 Å². The first-order valence-corrected chi connectivity index (χ1v) is 9.66. The highest BCUT2D eigenvalue weighted by Gasteiger charge is 2.22. The first-order valence-electron chi connectivity index (χ1n) is 7.90. The number of hydrogen-bond donors (Lipinski definition) is 1. The van der Waals surface area contributed by atoms with Crippen molar-refractivity contribution in [1.29, 1.82) is 0 Å². The molecule has 0 aliphatic carbocycles. The molecule has 4 nitrogen and oxygen atoms in total. The summed E-state index contributed by atoms with van der Waals surface area (Å²) in [7, 11) is 0. The fraction of sp³-hybridized carbons (Fsp3) is 0.211. The Hall–Kier alpha value is -2.31. The molecule has 0 bridgehead atoms. The van der Waals surface area contributed by atoms with Gasteiger partial charge in [0.15, 0.2) is 0 Å². The van der Waals surface area contributed by atoms with Gasteiger partial charge in [-0.25, -0.2) is 0 Å². The Morgan fingerprint density at radius 2 is 2.04 bits per heavy atom. The molecule has 0 amide bonds. The van der Waals surface area contributed by atoms with E-state index in [1.165, 1.54) is 22.7 Å². The zero-order chi connectivity index (χ0) is 17.8. The Bertz CT molecular complexity index is 872. The summed E-state index contributed by atoms with van der Waals surface area (Å²) in [4.78, 5) is 29.8. The van der Waals surface area contributed by atoms with Crippen LogP contribution >= 0.6 is 22.7 Å². The van der Waals surface area contributed by atoms with E-state index in [1.54, 1.807) is 0 Å². The van der Waals surface area contributed by atoms with E-state index in [0.717, 1.165) is 21.8 Å². The van der Waals surface area contributed by atoms with Gasteiger partial charge in [0.05, 0.1) is 15.4 Å². The number of aliphatic carboxylic acids is 1. The Morgan fingerprint density at radius 1 is 1.20 bits per heavy atom. The van der Waals surface area contributed by atoms with Gasteiger partial charge < -0.3 is 5.11 Å². The van der Waals surface area contributed by atoms with E-state index in [9.17, 15) is 9.59 Å². The van der Waals surface area contributed by atoms with Crippen LogP contribution in [-0.4, -0.2) is 22.6 Å². The van der Waals surface area contributed by atoms with Gasteiger partial charge in [-0.2, -0.15) is 0 Å². The molecule has 6 heteroatoms. The molecular weight excluding hydrogens is 354 g/mol. The van der Waals surface area contributed by atoms with Crippen molar-refractivity contribution in [3.8, 4) is 0 Å². The summed E-state index contributed by atoms with van der Waals surface area (Å²) in [6.07, 6.45) is 3.69. The number of thiophene rings is 2. The van der Waals surface area contributed by atoms with E-state index in [4.69, 9.17) is 5.11 Å². The topological polar surface area (TPSA) is 66.7 Å². The van der Waals surface area contributed by atoms with Crippen LogP contribution in [0.1, 0.15) is 40.2 Å². The number of aliphatic imine (C=N–C) groups is 1. The molecule has 0 saturated carbocycles.